The second-order valence-corrected chi connectivity index (χ2v) is 5.51. The lowest BCUT2D eigenvalue weighted by Gasteiger charge is -2.25. The fourth-order valence-electron chi connectivity index (χ4n) is 2.68. The third-order valence-corrected chi connectivity index (χ3v) is 3.95. The number of hydrogen-bond donors (Lipinski definition) is 3. The summed E-state index contributed by atoms with van der Waals surface area (Å²) in [5, 5.41) is 5.37. The molecule has 0 aliphatic heterocycles. The van der Waals surface area contributed by atoms with E-state index in [2.05, 4.69) is 28.9 Å². The van der Waals surface area contributed by atoms with Crippen molar-refractivity contribution >= 4 is 22.1 Å². The molecule has 0 bridgehead atoms. The number of hydrogen-bond acceptors (Lipinski definition) is 4. The molecular weight excluding hydrogens is 280 g/mol. The highest BCUT2D eigenvalue weighted by molar-refractivity contribution is 5.90. The lowest BCUT2D eigenvalue weighted by atomic mass is 10.1. The molecule has 22 heavy (non-hydrogen) atoms. The van der Waals surface area contributed by atoms with Gasteiger partial charge in [-0.2, -0.15) is 0 Å². The molecule has 0 atom stereocenters. The van der Waals surface area contributed by atoms with E-state index in [1.807, 2.05) is 0 Å². The van der Waals surface area contributed by atoms with E-state index in [0.29, 0.717) is 16.5 Å². The summed E-state index contributed by atoms with van der Waals surface area (Å²) in [7, 11) is 0. The summed E-state index contributed by atoms with van der Waals surface area (Å²) in [6, 6.07) is 3.31. The number of fused-ring (bicyclic) bond motifs is 1. The van der Waals surface area contributed by atoms with E-state index in [9.17, 15) is 9.59 Å². The summed E-state index contributed by atoms with van der Waals surface area (Å²) < 4.78 is 0. The SMILES string of the molecule is CCCCCCN(CC)c1cc2c(=O)[nH][nH]c(=O)c2cc1N. The molecule has 6 nitrogen and oxygen atoms in total. The van der Waals surface area contributed by atoms with Gasteiger partial charge >= 0.3 is 0 Å². The van der Waals surface area contributed by atoms with Gasteiger partial charge in [0.1, 0.15) is 0 Å². The van der Waals surface area contributed by atoms with E-state index >= 15 is 0 Å². The van der Waals surface area contributed by atoms with Crippen molar-refractivity contribution in [2.45, 2.75) is 39.5 Å². The minimum Gasteiger partial charge on any atom is -0.397 e. The second kappa shape index (κ2) is 7.15. The van der Waals surface area contributed by atoms with Crippen molar-refractivity contribution in [2.75, 3.05) is 23.7 Å². The highest BCUT2D eigenvalue weighted by Crippen LogP contribution is 2.26. The molecule has 1 heterocycles. The maximum atomic E-state index is 11.9. The van der Waals surface area contributed by atoms with E-state index in [1.54, 1.807) is 12.1 Å². The Morgan fingerprint density at radius 2 is 1.64 bits per heavy atom. The van der Waals surface area contributed by atoms with Crippen LogP contribution in [0.3, 0.4) is 0 Å². The molecular formula is C16H24N4O2. The van der Waals surface area contributed by atoms with Crippen LogP contribution >= 0.6 is 0 Å². The summed E-state index contributed by atoms with van der Waals surface area (Å²) >= 11 is 0. The second-order valence-electron chi connectivity index (χ2n) is 5.51. The first kappa shape index (κ1) is 16.1. The van der Waals surface area contributed by atoms with Gasteiger partial charge in [0.15, 0.2) is 0 Å². The normalized spacial score (nSPS) is 11.0. The third-order valence-electron chi connectivity index (χ3n) is 3.95. The van der Waals surface area contributed by atoms with Gasteiger partial charge in [-0.15, -0.1) is 0 Å². The Morgan fingerprint density at radius 3 is 2.23 bits per heavy atom. The molecule has 0 radical (unpaired) electrons. The topological polar surface area (TPSA) is 95.0 Å². The van der Waals surface area contributed by atoms with E-state index in [4.69, 9.17) is 5.73 Å². The quantitative estimate of drug-likeness (QED) is 0.540. The highest BCUT2D eigenvalue weighted by Gasteiger charge is 2.12. The number of aromatic nitrogens is 2. The third kappa shape index (κ3) is 3.32. The van der Waals surface area contributed by atoms with Crippen LogP contribution in [0.1, 0.15) is 39.5 Å². The zero-order chi connectivity index (χ0) is 16.1. The molecule has 1 aromatic heterocycles. The number of nitrogens with two attached hydrogens (primary N) is 1. The number of unbranched alkanes of at least 4 members (excludes halogenated alkanes) is 3. The number of nitrogens with zero attached hydrogens (tertiary/aromatic N) is 1. The van der Waals surface area contributed by atoms with Gasteiger partial charge in [0, 0.05) is 13.1 Å². The molecule has 120 valence electrons. The first-order valence-corrected chi connectivity index (χ1v) is 7.87. The van der Waals surface area contributed by atoms with Gasteiger partial charge in [-0.3, -0.25) is 19.8 Å². The summed E-state index contributed by atoms with van der Waals surface area (Å²) in [6.45, 7) is 5.95. The first-order valence-electron chi connectivity index (χ1n) is 7.87. The molecule has 0 unspecified atom stereocenters. The minimum absolute atomic E-state index is 0.308. The molecule has 0 fully saturated rings. The Labute approximate surface area is 129 Å². The van der Waals surface area contributed by atoms with Crippen molar-refractivity contribution in [3.05, 3.63) is 32.8 Å². The Hall–Kier alpha value is -2.24. The van der Waals surface area contributed by atoms with E-state index in [1.165, 1.54) is 19.3 Å². The number of rotatable bonds is 7. The smallest absolute Gasteiger partial charge is 0.270 e. The average Bonchev–Trinajstić information content (AvgIpc) is 2.51. The van der Waals surface area contributed by atoms with E-state index < -0.39 is 0 Å². The molecule has 0 saturated heterocycles. The van der Waals surface area contributed by atoms with Crippen molar-refractivity contribution in [2.24, 2.45) is 0 Å². The number of anilines is 2. The first-order chi connectivity index (χ1) is 10.6. The summed E-state index contributed by atoms with van der Waals surface area (Å²) in [4.78, 5) is 25.9. The van der Waals surface area contributed by atoms with Gasteiger partial charge in [-0.05, 0) is 25.5 Å². The van der Waals surface area contributed by atoms with E-state index in [0.717, 1.165) is 25.2 Å². The molecule has 6 heteroatoms. The molecule has 0 amide bonds. The molecule has 4 N–H and O–H groups in total. The minimum atomic E-state index is -0.334. The zero-order valence-corrected chi connectivity index (χ0v) is 13.2. The molecule has 0 aliphatic rings. The van der Waals surface area contributed by atoms with Crippen molar-refractivity contribution in [3.8, 4) is 0 Å². The summed E-state index contributed by atoms with van der Waals surface area (Å²) in [5.74, 6) is 0. The number of benzene rings is 1. The highest BCUT2D eigenvalue weighted by atomic mass is 16.1. The molecule has 2 rings (SSSR count). The van der Waals surface area contributed by atoms with Crippen LogP contribution in [0, 0.1) is 0 Å². The van der Waals surface area contributed by atoms with Gasteiger partial charge in [-0.25, -0.2) is 0 Å². The number of nitrogen functional groups attached to an aromatic ring is 1. The number of nitrogens with one attached hydrogen (secondary N) is 2. The summed E-state index contributed by atoms with van der Waals surface area (Å²) in [6.07, 6.45) is 4.69. The van der Waals surface area contributed by atoms with E-state index in [-0.39, 0.29) is 11.1 Å². The standard InChI is InChI=1S/C16H24N4O2/c1-3-5-6-7-8-20(4-2)14-10-12-11(9-13(14)17)15(21)18-19-16(12)22/h9-10H,3-8,17H2,1-2H3,(H,18,21)(H,19,22). The van der Waals surface area contributed by atoms with Crippen LogP contribution in [-0.2, 0) is 0 Å². The molecule has 0 saturated carbocycles. The average molecular weight is 304 g/mol. The summed E-state index contributed by atoms with van der Waals surface area (Å²) in [5.41, 5.74) is 6.81. The van der Waals surface area contributed by atoms with Crippen LogP contribution in [0.25, 0.3) is 10.8 Å². The molecule has 2 aromatic rings. The Bertz CT molecular complexity index is 748. The van der Waals surface area contributed by atoms with Gasteiger partial charge < -0.3 is 10.6 Å². The van der Waals surface area contributed by atoms with Crippen molar-refractivity contribution < 1.29 is 0 Å². The maximum absolute atomic E-state index is 11.9. The largest absolute Gasteiger partial charge is 0.397 e. The van der Waals surface area contributed by atoms with Gasteiger partial charge in [0.25, 0.3) is 11.1 Å². The van der Waals surface area contributed by atoms with Gasteiger partial charge in [0.05, 0.1) is 22.1 Å². The Morgan fingerprint density at radius 1 is 1.00 bits per heavy atom. The van der Waals surface area contributed by atoms with Crippen molar-refractivity contribution in [3.63, 3.8) is 0 Å². The van der Waals surface area contributed by atoms with Crippen LogP contribution in [-0.4, -0.2) is 23.3 Å². The van der Waals surface area contributed by atoms with Crippen molar-refractivity contribution in [1.29, 1.82) is 0 Å². The molecule has 1 aromatic carbocycles. The van der Waals surface area contributed by atoms with Crippen LogP contribution < -0.4 is 21.8 Å². The van der Waals surface area contributed by atoms with Crippen LogP contribution in [0.15, 0.2) is 21.7 Å². The van der Waals surface area contributed by atoms with Crippen LogP contribution in [0.2, 0.25) is 0 Å². The van der Waals surface area contributed by atoms with Gasteiger partial charge in [0.2, 0.25) is 0 Å². The van der Waals surface area contributed by atoms with Crippen LogP contribution in [0.4, 0.5) is 11.4 Å². The predicted molar refractivity (Wildman–Crippen MR) is 91.6 cm³/mol. The monoisotopic (exact) mass is 304 g/mol. The van der Waals surface area contributed by atoms with Crippen molar-refractivity contribution in [1.82, 2.24) is 10.2 Å². The lowest BCUT2D eigenvalue weighted by molar-refractivity contribution is 0.649. The fourth-order valence-corrected chi connectivity index (χ4v) is 2.68. The predicted octanol–water partition coefficient (Wildman–Crippen LogP) is 2.21. The molecule has 0 aliphatic carbocycles. The number of aromatic amines is 2. The van der Waals surface area contributed by atoms with Gasteiger partial charge in [-0.1, -0.05) is 26.2 Å². The number of H-pyrrole nitrogens is 2. The fraction of sp³-hybridized carbons (Fsp3) is 0.500. The maximum Gasteiger partial charge on any atom is 0.270 e. The Kier molecular flexibility index (Phi) is 5.25. The zero-order valence-electron chi connectivity index (χ0n) is 13.2. The Balaban J connectivity index is 2.37. The molecule has 0 spiro atoms. The lowest BCUT2D eigenvalue weighted by Crippen LogP contribution is -2.26. The van der Waals surface area contributed by atoms with Crippen LogP contribution in [0.5, 0.6) is 0 Å².